The van der Waals surface area contributed by atoms with Crippen molar-refractivity contribution >= 4 is 23.7 Å². The van der Waals surface area contributed by atoms with E-state index < -0.39 is 35.7 Å². The van der Waals surface area contributed by atoms with Gasteiger partial charge in [-0.1, -0.05) is 12.1 Å². The minimum Gasteiger partial charge on any atom is -0.481 e. The average molecular weight is 357 g/mol. The number of aliphatic carboxylic acids is 1. The minimum absolute atomic E-state index is 0.204. The summed E-state index contributed by atoms with van der Waals surface area (Å²) in [5, 5.41) is 13.1. The summed E-state index contributed by atoms with van der Waals surface area (Å²) in [4.78, 5) is 51.6. The van der Waals surface area contributed by atoms with Crippen molar-refractivity contribution in [3.63, 3.8) is 0 Å². The number of carbonyl (C=O) groups is 4. The van der Waals surface area contributed by atoms with Crippen molar-refractivity contribution in [2.75, 3.05) is 19.6 Å². The third-order valence-electron chi connectivity index (χ3n) is 5.39. The molecule has 0 saturated carbocycles. The Labute approximate surface area is 149 Å². The van der Waals surface area contributed by atoms with Crippen molar-refractivity contribution in [3.05, 3.63) is 35.4 Å². The van der Waals surface area contributed by atoms with E-state index in [4.69, 9.17) is 0 Å². The van der Waals surface area contributed by atoms with Gasteiger partial charge in [-0.05, 0) is 31.4 Å². The maximum Gasteiger partial charge on any atom is 0.309 e. The van der Waals surface area contributed by atoms with Gasteiger partial charge in [-0.3, -0.25) is 29.1 Å². The van der Waals surface area contributed by atoms with E-state index in [2.05, 4.69) is 0 Å². The molecule has 0 spiro atoms. The Bertz CT molecular complexity index is 773. The van der Waals surface area contributed by atoms with Crippen LogP contribution in [0, 0.1) is 5.92 Å². The van der Waals surface area contributed by atoms with Crippen molar-refractivity contribution in [2.24, 2.45) is 5.92 Å². The molecule has 2 atom stereocenters. The summed E-state index contributed by atoms with van der Waals surface area (Å²) in [6, 6.07) is 5.02. The Kier molecular flexibility index (Phi) is 3.99. The minimum atomic E-state index is -1.32. The van der Waals surface area contributed by atoms with Crippen LogP contribution >= 0.6 is 0 Å². The third-order valence-corrected chi connectivity index (χ3v) is 5.39. The summed E-state index contributed by atoms with van der Waals surface area (Å²) < 4.78 is 0. The van der Waals surface area contributed by atoms with E-state index in [0.717, 1.165) is 17.7 Å². The van der Waals surface area contributed by atoms with Crippen LogP contribution in [0.4, 0.5) is 0 Å². The van der Waals surface area contributed by atoms with Gasteiger partial charge >= 0.3 is 5.97 Å². The van der Waals surface area contributed by atoms with Crippen LogP contribution < -0.4 is 0 Å². The number of rotatable bonds is 2. The second-order valence-electron chi connectivity index (χ2n) is 6.83. The zero-order valence-electron chi connectivity index (χ0n) is 14.1. The maximum absolute atomic E-state index is 13.2. The highest BCUT2D eigenvalue weighted by atomic mass is 16.4. The fraction of sp³-hybridized carbons (Fsp3) is 0.444. The van der Waals surface area contributed by atoms with Crippen LogP contribution in [0.2, 0.25) is 0 Å². The van der Waals surface area contributed by atoms with Gasteiger partial charge in [0.05, 0.1) is 17.0 Å². The molecule has 3 heterocycles. The van der Waals surface area contributed by atoms with E-state index in [1.807, 2.05) is 5.01 Å². The molecular formula is C18H19N3O5. The smallest absolute Gasteiger partial charge is 0.309 e. The number of hydrazine groups is 1. The first kappa shape index (κ1) is 16.7. The van der Waals surface area contributed by atoms with E-state index in [0.29, 0.717) is 19.6 Å². The summed E-state index contributed by atoms with van der Waals surface area (Å²) in [6.07, 6.45) is 1.95. The number of fused-ring (bicyclic) bond motifs is 2. The first-order chi connectivity index (χ1) is 12.5. The second kappa shape index (κ2) is 6.21. The van der Waals surface area contributed by atoms with E-state index in [-0.39, 0.29) is 17.5 Å². The number of benzene rings is 1. The predicted octanol–water partition coefficient (Wildman–Crippen LogP) is 0.595. The summed E-state index contributed by atoms with van der Waals surface area (Å²) in [5.74, 6) is -3.96. The highest BCUT2D eigenvalue weighted by molar-refractivity contribution is 6.23. The van der Waals surface area contributed by atoms with Gasteiger partial charge in [0.2, 0.25) is 0 Å². The van der Waals surface area contributed by atoms with Crippen LogP contribution in [-0.4, -0.2) is 69.4 Å². The molecule has 0 radical (unpaired) electrons. The topological polar surface area (TPSA) is 98.2 Å². The molecule has 3 amide bonds. The van der Waals surface area contributed by atoms with Gasteiger partial charge in [0.1, 0.15) is 6.04 Å². The molecule has 0 aromatic heterocycles. The average Bonchev–Trinajstić information content (AvgIpc) is 2.80. The van der Waals surface area contributed by atoms with Crippen LogP contribution in [0.1, 0.15) is 40.0 Å². The summed E-state index contributed by atoms with van der Waals surface area (Å²) in [5.41, 5.74) is 0.434. The standard InChI is InChI=1S/C18H19N3O5/c22-15-11-5-1-2-6-12(11)16(23)21(15)14-13(18(25)26)7-10-19-8-3-4-9-20(19)17(14)24/h1-2,5-6,13-14H,3-4,7-10H2,(H,25,26)/t13?,14-/m0/s1. The van der Waals surface area contributed by atoms with Crippen molar-refractivity contribution in [3.8, 4) is 0 Å². The molecule has 0 aliphatic carbocycles. The Morgan fingerprint density at radius 3 is 2.19 bits per heavy atom. The summed E-state index contributed by atoms with van der Waals surface area (Å²) in [7, 11) is 0. The number of nitrogens with zero attached hydrogens (tertiary/aromatic N) is 3. The van der Waals surface area contributed by atoms with Crippen molar-refractivity contribution in [2.45, 2.75) is 25.3 Å². The number of imide groups is 1. The first-order valence-corrected chi connectivity index (χ1v) is 8.76. The maximum atomic E-state index is 13.2. The van der Waals surface area contributed by atoms with Gasteiger partial charge in [-0.25, -0.2) is 5.01 Å². The highest BCUT2D eigenvalue weighted by Gasteiger charge is 2.51. The molecule has 0 bridgehead atoms. The summed E-state index contributed by atoms with van der Waals surface area (Å²) >= 11 is 0. The number of hydrogen-bond donors (Lipinski definition) is 1. The fourth-order valence-corrected chi connectivity index (χ4v) is 4.08. The largest absolute Gasteiger partial charge is 0.481 e. The molecule has 1 unspecified atom stereocenters. The van der Waals surface area contributed by atoms with E-state index in [1.165, 1.54) is 17.1 Å². The Morgan fingerprint density at radius 1 is 0.962 bits per heavy atom. The molecule has 3 aliphatic heterocycles. The van der Waals surface area contributed by atoms with Gasteiger partial charge in [-0.2, -0.15) is 0 Å². The molecular weight excluding hydrogens is 338 g/mol. The Morgan fingerprint density at radius 2 is 1.58 bits per heavy atom. The zero-order chi connectivity index (χ0) is 18.4. The van der Waals surface area contributed by atoms with E-state index >= 15 is 0 Å². The van der Waals surface area contributed by atoms with Crippen LogP contribution in [0.15, 0.2) is 24.3 Å². The number of carboxylic acid groups (broad SMARTS) is 1. The predicted molar refractivity (Wildman–Crippen MR) is 89.0 cm³/mol. The number of carboxylic acids is 1. The van der Waals surface area contributed by atoms with Crippen LogP contribution in [0.25, 0.3) is 0 Å². The molecule has 4 rings (SSSR count). The van der Waals surface area contributed by atoms with E-state index in [1.54, 1.807) is 12.1 Å². The van der Waals surface area contributed by atoms with Crippen LogP contribution in [0.5, 0.6) is 0 Å². The lowest BCUT2D eigenvalue weighted by molar-refractivity contribution is -0.158. The summed E-state index contributed by atoms with van der Waals surface area (Å²) in [6.45, 7) is 1.57. The first-order valence-electron chi connectivity index (χ1n) is 8.76. The lowest BCUT2D eigenvalue weighted by Gasteiger charge is -2.39. The van der Waals surface area contributed by atoms with Gasteiger partial charge in [0.25, 0.3) is 17.7 Å². The third kappa shape index (κ3) is 2.40. The van der Waals surface area contributed by atoms with Crippen molar-refractivity contribution in [1.29, 1.82) is 0 Å². The van der Waals surface area contributed by atoms with Gasteiger partial charge in [-0.15, -0.1) is 0 Å². The molecule has 1 aromatic rings. The van der Waals surface area contributed by atoms with Gasteiger partial charge in [0, 0.05) is 19.6 Å². The molecule has 1 N–H and O–H groups in total. The van der Waals surface area contributed by atoms with Gasteiger partial charge < -0.3 is 5.11 Å². The van der Waals surface area contributed by atoms with Crippen molar-refractivity contribution < 1.29 is 24.3 Å². The molecule has 3 aliphatic rings. The van der Waals surface area contributed by atoms with Crippen molar-refractivity contribution in [1.82, 2.24) is 14.9 Å². The Hall–Kier alpha value is -2.74. The Balaban J connectivity index is 1.76. The molecule has 8 nitrogen and oxygen atoms in total. The van der Waals surface area contributed by atoms with Crippen LogP contribution in [-0.2, 0) is 9.59 Å². The number of hydrogen-bond acceptors (Lipinski definition) is 5. The molecule has 136 valence electrons. The number of carbonyl (C=O) groups excluding carboxylic acids is 3. The molecule has 8 heteroatoms. The molecule has 26 heavy (non-hydrogen) atoms. The van der Waals surface area contributed by atoms with E-state index in [9.17, 15) is 24.3 Å². The number of amides is 3. The molecule has 1 aromatic carbocycles. The molecule has 2 saturated heterocycles. The van der Waals surface area contributed by atoms with Gasteiger partial charge in [0.15, 0.2) is 0 Å². The quantitative estimate of drug-likeness (QED) is 0.778. The van der Waals surface area contributed by atoms with Crippen LogP contribution in [0.3, 0.4) is 0 Å². The normalized spacial score (nSPS) is 26.5. The monoisotopic (exact) mass is 357 g/mol. The lowest BCUT2D eigenvalue weighted by atomic mass is 9.94. The SMILES string of the molecule is O=C(O)C1CCN2CCCCN2C(=O)[C@H]1N1C(=O)c2ccccc2C1=O. The molecule has 2 fully saturated rings. The zero-order valence-corrected chi connectivity index (χ0v) is 14.1. The lowest BCUT2D eigenvalue weighted by Crippen LogP contribution is -2.58. The highest BCUT2D eigenvalue weighted by Crippen LogP contribution is 2.32. The second-order valence-corrected chi connectivity index (χ2v) is 6.83. The fourth-order valence-electron chi connectivity index (χ4n) is 4.08.